The first kappa shape index (κ1) is 10.2. The minimum absolute atomic E-state index is 0.117. The Balaban J connectivity index is 2.30. The number of hydrogen-bond acceptors (Lipinski definition) is 3. The topological polar surface area (TPSA) is 64.0 Å². The molecule has 74 valence electrons. The summed E-state index contributed by atoms with van der Waals surface area (Å²) < 4.78 is 26.1. The molecule has 0 saturated carbocycles. The number of aromatic nitrogens is 2. The lowest BCUT2D eigenvalue weighted by atomic mass is 10.6. The van der Waals surface area contributed by atoms with Crippen LogP contribution in [0, 0.1) is 0 Å². The Morgan fingerprint density at radius 2 is 2.31 bits per heavy atom. The van der Waals surface area contributed by atoms with Crippen molar-refractivity contribution in [2.24, 2.45) is 0 Å². The predicted octanol–water partition coefficient (Wildman–Crippen LogP) is -0.178. The summed E-state index contributed by atoms with van der Waals surface area (Å²) in [7, 11) is -3.06. The van der Waals surface area contributed by atoms with Crippen LogP contribution in [0.2, 0.25) is 0 Å². The van der Waals surface area contributed by atoms with Crippen LogP contribution >= 0.6 is 0 Å². The standard InChI is InChI=1S/C7H13N3O2S/c1-2-13(11,12)9-5-7-10-6-3-4-8-10/h3-4,6,9H,2,5,7H2,1H3. The van der Waals surface area contributed by atoms with E-state index in [1.54, 1.807) is 30.1 Å². The van der Waals surface area contributed by atoms with E-state index in [2.05, 4.69) is 9.82 Å². The highest BCUT2D eigenvalue weighted by atomic mass is 32.2. The van der Waals surface area contributed by atoms with Crippen LogP contribution < -0.4 is 4.72 Å². The second-order valence-electron chi connectivity index (χ2n) is 2.57. The molecule has 1 aromatic rings. The third kappa shape index (κ3) is 3.56. The van der Waals surface area contributed by atoms with Crippen LogP contribution in [0.4, 0.5) is 0 Å². The largest absolute Gasteiger partial charge is 0.271 e. The van der Waals surface area contributed by atoms with Gasteiger partial charge in [-0.25, -0.2) is 13.1 Å². The number of hydrogen-bond donors (Lipinski definition) is 1. The quantitative estimate of drug-likeness (QED) is 0.722. The van der Waals surface area contributed by atoms with Crippen LogP contribution in [0.5, 0.6) is 0 Å². The first-order chi connectivity index (χ1) is 6.14. The van der Waals surface area contributed by atoms with Crippen molar-refractivity contribution in [2.75, 3.05) is 12.3 Å². The van der Waals surface area contributed by atoms with Gasteiger partial charge < -0.3 is 0 Å². The maximum atomic E-state index is 11.0. The molecule has 1 heterocycles. The van der Waals surface area contributed by atoms with Crippen molar-refractivity contribution >= 4 is 10.0 Å². The molecule has 0 aliphatic rings. The molecule has 5 nitrogen and oxygen atoms in total. The molecule has 6 heteroatoms. The van der Waals surface area contributed by atoms with Gasteiger partial charge in [0.15, 0.2) is 0 Å². The number of sulfonamides is 1. The molecular weight excluding hydrogens is 190 g/mol. The van der Waals surface area contributed by atoms with Crippen molar-refractivity contribution in [2.45, 2.75) is 13.5 Å². The zero-order valence-electron chi connectivity index (χ0n) is 7.47. The molecule has 0 unspecified atom stereocenters. The Morgan fingerprint density at radius 1 is 1.54 bits per heavy atom. The van der Waals surface area contributed by atoms with Gasteiger partial charge in [0.2, 0.25) is 10.0 Å². The van der Waals surface area contributed by atoms with Crippen LogP contribution in [0.15, 0.2) is 18.5 Å². The van der Waals surface area contributed by atoms with E-state index in [9.17, 15) is 8.42 Å². The molecule has 0 saturated heterocycles. The monoisotopic (exact) mass is 203 g/mol. The Kier molecular flexibility index (Phi) is 3.44. The zero-order valence-corrected chi connectivity index (χ0v) is 8.29. The summed E-state index contributed by atoms with van der Waals surface area (Å²) in [6.07, 6.45) is 3.45. The van der Waals surface area contributed by atoms with Crippen molar-refractivity contribution in [3.8, 4) is 0 Å². The minimum Gasteiger partial charge on any atom is -0.271 e. The SMILES string of the molecule is CCS(=O)(=O)NCCn1cccn1. The molecule has 0 amide bonds. The van der Waals surface area contributed by atoms with E-state index in [0.29, 0.717) is 13.1 Å². The normalized spacial score (nSPS) is 11.8. The third-order valence-corrected chi connectivity index (χ3v) is 3.01. The maximum absolute atomic E-state index is 11.0. The molecule has 0 fully saturated rings. The van der Waals surface area contributed by atoms with E-state index in [1.807, 2.05) is 0 Å². The summed E-state index contributed by atoms with van der Waals surface area (Å²) in [6.45, 7) is 2.56. The highest BCUT2D eigenvalue weighted by Gasteiger charge is 2.04. The lowest BCUT2D eigenvalue weighted by Gasteiger charge is -2.03. The van der Waals surface area contributed by atoms with Crippen LogP contribution in [-0.4, -0.2) is 30.5 Å². The lowest BCUT2D eigenvalue weighted by Crippen LogP contribution is -2.28. The van der Waals surface area contributed by atoms with Gasteiger partial charge in [-0.15, -0.1) is 0 Å². The van der Waals surface area contributed by atoms with Crippen molar-refractivity contribution < 1.29 is 8.42 Å². The van der Waals surface area contributed by atoms with Crippen LogP contribution in [0.25, 0.3) is 0 Å². The third-order valence-electron chi connectivity index (χ3n) is 1.60. The highest BCUT2D eigenvalue weighted by molar-refractivity contribution is 7.89. The van der Waals surface area contributed by atoms with Gasteiger partial charge in [0.1, 0.15) is 0 Å². The molecule has 0 aliphatic carbocycles. The van der Waals surface area contributed by atoms with Crippen LogP contribution in [0.3, 0.4) is 0 Å². The Labute approximate surface area is 77.8 Å². The molecule has 0 bridgehead atoms. The van der Waals surface area contributed by atoms with E-state index in [4.69, 9.17) is 0 Å². The first-order valence-corrected chi connectivity index (χ1v) is 5.74. The minimum atomic E-state index is -3.06. The summed E-state index contributed by atoms with van der Waals surface area (Å²) in [4.78, 5) is 0. The molecule has 0 atom stereocenters. The van der Waals surface area contributed by atoms with E-state index >= 15 is 0 Å². The molecule has 1 N–H and O–H groups in total. The average molecular weight is 203 g/mol. The molecule has 0 radical (unpaired) electrons. The van der Waals surface area contributed by atoms with Crippen molar-refractivity contribution in [3.05, 3.63) is 18.5 Å². The van der Waals surface area contributed by atoms with E-state index in [0.717, 1.165) is 0 Å². The Bertz CT molecular complexity index is 331. The van der Waals surface area contributed by atoms with Gasteiger partial charge >= 0.3 is 0 Å². The second-order valence-corrected chi connectivity index (χ2v) is 4.66. The first-order valence-electron chi connectivity index (χ1n) is 4.09. The van der Waals surface area contributed by atoms with Gasteiger partial charge in [-0.05, 0) is 13.0 Å². The molecule has 0 aliphatic heterocycles. The molecule has 0 aromatic carbocycles. The van der Waals surface area contributed by atoms with E-state index < -0.39 is 10.0 Å². The summed E-state index contributed by atoms with van der Waals surface area (Å²) in [5.41, 5.74) is 0. The van der Waals surface area contributed by atoms with Gasteiger partial charge in [-0.1, -0.05) is 0 Å². The Morgan fingerprint density at radius 3 is 2.85 bits per heavy atom. The van der Waals surface area contributed by atoms with Gasteiger partial charge in [0.05, 0.1) is 12.3 Å². The average Bonchev–Trinajstić information content (AvgIpc) is 2.57. The molecule has 1 aromatic heterocycles. The Hall–Kier alpha value is -0.880. The summed E-state index contributed by atoms with van der Waals surface area (Å²) in [5.74, 6) is 0.117. The summed E-state index contributed by atoms with van der Waals surface area (Å²) >= 11 is 0. The van der Waals surface area contributed by atoms with Crippen molar-refractivity contribution in [3.63, 3.8) is 0 Å². The molecular formula is C7H13N3O2S. The van der Waals surface area contributed by atoms with Crippen LogP contribution in [0.1, 0.15) is 6.92 Å². The maximum Gasteiger partial charge on any atom is 0.211 e. The van der Waals surface area contributed by atoms with Crippen molar-refractivity contribution in [1.82, 2.24) is 14.5 Å². The van der Waals surface area contributed by atoms with E-state index in [-0.39, 0.29) is 5.75 Å². The zero-order chi connectivity index (χ0) is 9.73. The molecule has 1 rings (SSSR count). The fourth-order valence-electron chi connectivity index (χ4n) is 0.850. The van der Waals surface area contributed by atoms with Gasteiger partial charge in [0, 0.05) is 18.9 Å². The fourth-order valence-corrected chi connectivity index (χ4v) is 1.46. The van der Waals surface area contributed by atoms with E-state index in [1.165, 1.54) is 0 Å². The summed E-state index contributed by atoms with van der Waals surface area (Å²) in [5, 5.41) is 3.94. The van der Waals surface area contributed by atoms with Gasteiger partial charge in [0.25, 0.3) is 0 Å². The number of rotatable bonds is 5. The van der Waals surface area contributed by atoms with Crippen molar-refractivity contribution in [1.29, 1.82) is 0 Å². The number of nitrogens with one attached hydrogen (secondary N) is 1. The van der Waals surface area contributed by atoms with Gasteiger partial charge in [-0.3, -0.25) is 4.68 Å². The molecule has 13 heavy (non-hydrogen) atoms. The second kappa shape index (κ2) is 4.38. The van der Waals surface area contributed by atoms with Crippen LogP contribution in [-0.2, 0) is 16.6 Å². The van der Waals surface area contributed by atoms with Gasteiger partial charge in [-0.2, -0.15) is 5.10 Å². The molecule has 0 spiro atoms. The number of nitrogens with zero attached hydrogens (tertiary/aromatic N) is 2. The summed E-state index contributed by atoms with van der Waals surface area (Å²) in [6, 6.07) is 1.80. The fraction of sp³-hybridized carbons (Fsp3) is 0.571. The highest BCUT2D eigenvalue weighted by Crippen LogP contribution is 1.85. The predicted molar refractivity (Wildman–Crippen MR) is 49.7 cm³/mol. The lowest BCUT2D eigenvalue weighted by molar-refractivity contribution is 0.562. The smallest absolute Gasteiger partial charge is 0.211 e.